The summed E-state index contributed by atoms with van der Waals surface area (Å²) in [5.41, 5.74) is 0.613. The molecule has 0 amide bonds. The second kappa shape index (κ2) is 4.33. The Morgan fingerprint density at radius 3 is 3.00 bits per heavy atom. The van der Waals surface area contributed by atoms with Gasteiger partial charge in [-0.2, -0.15) is 0 Å². The van der Waals surface area contributed by atoms with E-state index in [1.165, 1.54) is 7.11 Å². The second-order valence-electron chi connectivity index (χ2n) is 2.19. The number of halogens is 1. The van der Waals surface area contributed by atoms with Crippen LogP contribution in [0.3, 0.4) is 0 Å². The summed E-state index contributed by atoms with van der Waals surface area (Å²) in [7, 11) is 1.47. The highest BCUT2D eigenvalue weighted by Gasteiger charge is 2.09. The molecule has 0 spiro atoms. The molecule has 1 rings (SSSR count). The topological polar surface area (TPSA) is 39.2 Å². The normalized spacial score (nSPS) is 12.5. The molecule has 0 aromatic carbocycles. The molecule has 0 unspecified atom stereocenters. The minimum absolute atomic E-state index is 0.567. The van der Waals surface area contributed by atoms with Crippen LogP contribution in [-0.2, 0) is 9.53 Å². The van der Waals surface area contributed by atoms with Crippen LogP contribution in [-0.4, -0.2) is 18.4 Å². The minimum Gasteiger partial charge on any atom is -0.368 e. The Bertz CT molecular complexity index is 278. The molecular formula is C8H8BrNO2. The summed E-state index contributed by atoms with van der Waals surface area (Å²) in [6.45, 7) is 0. The maximum atomic E-state index is 10.5. The van der Waals surface area contributed by atoms with Crippen LogP contribution in [0.5, 0.6) is 0 Å². The third kappa shape index (κ3) is 2.12. The zero-order chi connectivity index (χ0) is 8.97. The van der Waals surface area contributed by atoms with Gasteiger partial charge in [-0.3, -0.25) is 9.78 Å². The predicted molar refractivity (Wildman–Crippen MR) is 47.8 cm³/mol. The molecule has 0 fully saturated rings. The van der Waals surface area contributed by atoms with E-state index >= 15 is 0 Å². The first-order valence-electron chi connectivity index (χ1n) is 3.37. The van der Waals surface area contributed by atoms with Crippen molar-refractivity contribution in [3.8, 4) is 0 Å². The van der Waals surface area contributed by atoms with Crippen molar-refractivity contribution in [2.45, 2.75) is 6.10 Å². The van der Waals surface area contributed by atoms with Gasteiger partial charge in [0.1, 0.15) is 0 Å². The quantitative estimate of drug-likeness (QED) is 0.742. The summed E-state index contributed by atoms with van der Waals surface area (Å²) < 4.78 is 5.77. The SMILES string of the molecule is CO[C@H](C=O)c1cc(Br)ccn1. The average Bonchev–Trinajstić information content (AvgIpc) is 2.07. The number of rotatable bonds is 3. The molecule has 12 heavy (non-hydrogen) atoms. The summed E-state index contributed by atoms with van der Waals surface area (Å²) in [5.74, 6) is 0. The summed E-state index contributed by atoms with van der Waals surface area (Å²) >= 11 is 3.28. The first kappa shape index (κ1) is 9.35. The largest absolute Gasteiger partial charge is 0.368 e. The van der Waals surface area contributed by atoms with Gasteiger partial charge in [0.15, 0.2) is 12.4 Å². The second-order valence-corrected chi connectivity index (χ2v) is 3.11. The van der Waals surface area contributed by atoms with E-state index in [2.05, 4.69) is 20.9 Å². The summed E-state index contributed by atoms with van der Waals surface area (Å²) in [5, 5.41) is 0. The molecule has 1 aromatic rings. The van der Waals surface area contributed by atoms with E-state index in [0.717, 1.165) is 10.8 Å². The molecule has 1 heterocycles. The van der Waals surface area contributed by atoms with Crippen molar-refractivity contribution in [1.29, 1.82) is 0 Å². The predicted octanol–water partition coefficient (Wildman–Crippen LogP) is 1.73. The van der Waals surface area contributed by atoms with Gasteiger partial charge in [-0.15, -0.1) is 0 Å². The van der Waals surface area contributed by atoms with E-state index in [-0.39, 0.29) is 0 Å². The Labute approximate surface area is 78.9 Å². The Morgan fingerprint density at radius 1 is 1.75 bits per heavy atom. The highest BCUT2D eigenvalue weighted by Crippen LogP contribution is 2.15. The third-order valence-electron chi connectivity index (χ3n) is 1.41. The maximum Gasteiger partial charge on any atom is 0.154 e. The Balaban J connectivity index is 2.93. The number of hydrogen-bond acceptors (Lipinski definition) is 3. The summed E-state index contributed by atoms with van der Waals surface area (Å²) in [6, 6.07) is 3.55. The maximum absolute atomic E-state index is 10.5. The Kier molecular flexibility index (Phi) is 3.37. The monoisotopic (exact) mass is 229 g/mol. The van der Waals surface area contributed by atoms with Crippen molar-refractivity contribution in [3.05, 3.63) is 28.5 Å². The van der Waals surface area contributed by atoms with Crippen molar-refractivity contribution >= 4 is 22.2 Å². The number of aromatic nitrogens is 1. The lowest BCUT2D eigenvalue weighted by atomic mass is 10.2. The van der Waals surface area contributed by atoms with Gasteiger partial charge in [-0.25, -0.2) is 0 Å². The average molecular weight is 230 g/mol. The van der Waals surface area contributed by atoms with E-state index in [1.54, 1.807) is 18.3 Å². The van der Waals surface area contributed by atoms with E-state index in [9.17, 15) is 4.79 Å². The smallest absolute Gasteiger partial charge is 0.154 e. The van der Waals surface area contributed by atoms with Crippen LogP contribution in [0.25, 0.3) is 0 Å². The lowest BCUT2D eigenvalue weighted by Gasteiger charge is -2.06. The molecule has 0 N–H and O–H groups in total. The van der Waals surface area contributed by atoms with Crippen molar-refractivity contribution < 1.29 is 9.53 Å². The third-order valence-corrected chi connectivity index (χ3v) is 1.91. The van der Waals surface area contributed by atoms with Gasteiger partial charge in [-0.1, -0.05) is 15.9 Å². The van der Waals surface area contributed by atoms with Gasteiger partial charge < -0.3 is 4.74 Å². The van der Waals surface area contributed by atoms with Crippen LogP contribution >= 0.6 is 15.9 Å². The number of hydrogen-bond donors (Lipinski definition) is 0. The van der Waals surface area contributed by atoms with Crippen LogP contribution in [0.2, 0.25) is 0 Å². The number of pyridine rings is 1. The lowest BCUT2D eigenvalue weighted by molar-refractivity contribution is -0.116. The van der Waals surface area contributed by atoms with Gasteiger partial charge in [0.2, 0.25) is 0 Å². The molecule has 1 atom stereocenters. The fourth-order valence-corrected chi connectivity index (χ4v) is 1.18. The molecule has 0 saturated carbocycles. The first-order chi connectivity index (χ1) is 5.77. The van der Waals surface area contributed by atoms with Crippen LogP contribution < -0.4 is 0 Å². The number of carbonyl (C=O) groups is 1. The number of methoxy groups -OCH3 is 1. The fraction of sp³-hybridized carbons (Fsp3) is 0.250. The standard InChI is InChI=1S/C8H8BrNO2/c1-12-8(5-11)7-4-6(9)2-3-10-7/h2-5,8H,1H3/t8-/m1/s1. The van der Waals surface area contributed by atoms with E-state index in [1.807, 2.05) is 0 Å². The molecule has 3 nitrogen and oxygen atoms in total. The van der Waals surface area contributed by atoms with Crippen molar-refractivity contribution in [2.24, 2.45) is 0 Å². The molecule has 0 aliphatic carbocycles. The van der Waals surface area contributed by atoms with Crippen molar-refractivity contribution in [1.82, 2.24) is 4.98 Å². The van der Waals surface area contributed by atoms with Gasteiger partial charge in [-0.05, 0) is 12.1 Å². The Morgan fingerprint density at radius 2 is 2.50 bits per heavy atom. The Hall–Kier alpha value is -0.740. The van der Waals surface area contributed by atoms with Crippen molar-refractivity contribution in [2.75, 3.05) is 7.11 Å². The van der Waals surface area contributed by atoms with E-state index in [4.69, 9.17) is 4.74 Å². The molecule has 0 saturated heterocycles. The molecule has 0 radical (unpaired) electrons. The van der Waals surface area contributed by atoms with Crippen LogP contribution in [0.1, 0.15) is 11.8 Å². The lowest BCUT2D eigenvalue weighted by Crippen LogP contribution is -2.04. The highest BCUT2D eigenvalue weighted by atomic mass is 79.9. The molecule has 0 bridgehead atoms. The molecule has 1 aromatic heterocycles. The van der Waals surface area contributed by atoms with Gasteiger partial charge >= 0.3 is 0 Å². The zero-order valence-corrected chi connectivity index (χ0v) is 8.11. The number of ether oxygens (including phenoxy) is 1. The van der Waals surface area contributed by atoms with Crippen LogP contribution in [0, 0.1) is 0 Å². The summed E-state index contributed by atoms with van der Waals surface area (Å²) in [6.07, 6.45) is 1.77. The minimum atomic E-state index is -0.567. The molecule has 64 valence electrons. The van der Waals surface area contributed by atoms with Gasteiger partial charge in [0.25, 0.3) is 0 Å². The molecular weight excluding hydrogens is 222 g/mol. The zero-order valence-electron chi connectivity index (χ0n) is 6.53. The molecule has 4 heteroatoms. The van der Waals surface area contributed by atoms with Crippen molar-refractivity contribution in [3.63, 3.8) is 0 Å². The molecule has 0 aliphatic rings. The summed E-state index contributed by atoms with van der Waals surface area (Å²) in [4.78, 5) is 14.5. The number of nitrogens with zero attached hydrogens (tertiary/aromatic N) is 1. The number of carbonyl (C=O) groups excluding carboxylic acids is 1. The molecule has 0 aliphatic heterocycles. The van der Waals surface area contributed by atoms with E-state index < -0.39 is 6.10 Å². The van der Waals surface area contributed by atoms with E-state index in [0.29, 0.717) is 5.69 Å². The van der Waals surface area contributed by atoms with Crippen LogP contribution in [0.15, 0.2) is 22.8 Å². The van der Waals surface area contributed by atoms with Gasteiger partial charge in [0, 0.05) is 17.8 Å². The fourth-order valence-electron chi connectivity index (χ4n) is 0.823. The first-order valence-corrected chi connectivity index (χ1v) is 4.16. The van der Waals surface area contributed by atoms with Gasteiger partial charge in [0.05, 0.1) is 5.69 Å². The number of aldehydes is 1. The van der Waals surface area contributed by atoms with Crippen LogP contribution in [0.4, 0.5) is 0 Å². The highest BCUT2D eigenvalue weighted by molar-refractivity contribution is 9.10.